The van der Waals surface area contributed by atoms with Crippen LogP contribution in [0.3, 0.4) is 0 Å². The largest absolute Gasteiger partial charge is 0.416 e. The molecule has 1 saturated heterocycles. The summed E-state index contributed by atoms with van der Waals surface area (Å²) < 4.78 is 49.4. The number of halogens is 3. The van der Waals surface area contributed by atoms with E-state index < -0.39 is 17.6 Å². The van der Waals surface area contributed by atoms with Crippen LogP contribution in [0, 0.1) is 13.8 Å². The molecule has 3 aromatic heterocycles. The van der Waals surface area contributed by atoms with Crippen molar-refractivity contribution in [1.82, 2.24) is 34.4 Å². The van der Waals surface area contributed by atoms with E-state index in [1.54, 1.807) is 43.7 Å². The van der Waals surface area contributed by atoms with Crippen LogP contribution in [0.1, 0.15) is 27.2 Å². The monoisotopic (exact) mass is 651 g/mol. The zero-order valence-electron chi connectivity index (χ0n) is 24.7. The fraction of sp³-hybridized carbons (Fsp3) is 0.267. The summed E-state index contributed by atoms with van der Waals surface area (Å²) >= 11 is 1.25. The third kappa shape index (κ3) is 7.14. The minimum Gasteiger partial charge on any atom is -0.379 e. The number of carbonyl (C=O) groups excluding carboxylic acids is 2. The lowest BCUT2D eigenvalue weighted by molar-refractivity contribution is -0.137. The number of aromatic nitrogens is 6. The summed E-state index contributed by atoms with van der Waals surface area (Å²) in [7, 11) is 0. The average Bonchev–Trinajstić information content (AvgIpc) is 3.79. The second-order valence-electron chi connectivity index (χ2n) is 10.7. The number of hydrogen-bond donors (Lipinski definition) is 2. The zero-order chi connectivity index (χ0) is 32.4. The minimum atomic E-state index is -4.62. The van der Waals surface area contributed by atoms with E-state index in [9.17, 15) is 22.8 Å². The van der Waals surface area contributed by atoms with Gasteiger partial charge >= 0.3 is 6.18 Å². The Bertz CT molecular complexity index is 1890. The van der Waals surface area contributed by atoms with Crippen molar-refractivity contribution >= 4 is 34.0 Å². The van der Waals surface area contributed by atoms with Crippen LogP contribution >= 0.6 is 11.3 Å². The quantitative estimate of drug-likeness (QED) is 0.246. The summed E-state index contributed by atoms with van der Waals surface area (Å²) in [6, 6.07) is 8.20. The van der Waals surface area contributed by atoms with Crippen molar-refractivity contribution in [2.75, 3.05) is 43.5 Å². The van der Waals surface area contributed by atoms with E-state index >= 15 is 0 Å². The van der Waals surface area contributed by atoms with Crippen LogP contribution in [0.4, 0.5) is 24.0 Å². The zero-order valence-corrected chi connectivity index (χ0v) is 25.5. The van der Waals surface area contributed by atoms with Gasteiger partial charge in [0.25, 0.3) is 5.91 Å². The van der Waals surface area contributed by atoms with Crippen molar-refractivity contribution in [2.24, 2.45) is 0 Å². The molecule has 1 aliphatic rings. The molecular formula is C30H28F3N9O3S. The predicted molar refractivity (Wildman–Crippen MR) is 164 cm³/mol. The summed E-state index contributed by atoms with van der Waals surface area (Å²) in [5, 5.41) is 14.3. The van der Waals surface area contributed by atoms with Crippen LogP contribution in [0.2, 0.25) is 0 Å². The van der Waals surface area contributed by atoms with Crippen molar-refractivity contribution < 1.29 is 27.5 Å². The number of morpholine rings is 1. The Morgan fingerprint density at radius 2 is 1.83 bits per heavy atom. The van der Waals surface area contributed by atoms with Gasteiger partial charge in [-0.2, -0.15) is 13.2 Å². The van der Waals surface area contributed by atoms with E-state index in [1.807, 2.05) is 11.8 Å². The fourth-order valence-corrected chi connectivity index (χ4v) is 5.61. The van der Waals surface area contributed by atoms with Crippen molar-refractivity contribution in [1.29, 1.82) is 0 Å². The smallest absolute Gasteiger partial charge is 0.379 e. The number of carbonyl (C=O) groups is 2. The lowest BCUT2D eigenvalue weighted by Crippen LogP contribution is -2.41. The topological polar surface area (TPSA) is 132 Å². The molecule has 12 nitrogen and oxygen atoms in total. The van der Waals surface area contributed by atoms with Crippen molar-refractivity contribution in [3.05, 3.63) is 83.7 Å². The number of alkyl halides is 3. The Labute approximate surface area is 264 Å². The van der Waals surface area contributed by atoms with Gasteiger partial charge in [0.2, 0.25) is 5.91 Å². The Balaban J connectivity index is 1.18. The minimum absolute atomic E-state index is 0.0237. The van der Waals surface area contributed by atoms with E-state index in [2.05, 4.69) is 30.9 Å². The molecule has 2 amide bonds. The first-order chi connectivity index (χ1) is 22.0. The molecule has 2 N–H and O–H groups in total. The molecule has 5 aromatic rings. The molecule has 4 heterocycles. The summed E-state index contributed by atoms with van der Waals surface area (Å²) in [6.07, 6.45) is 1.64. The number of aryl methyl sites for hydroxylation is 2. The third-order valence-electron chi connectivity index (χ3n) is 7.20. The second kappa shape index (κ2) is 12.8. The van der Waals surface area contributed by atoms with Crippen LogP contribution < -0.4 is 10.6 Å². The van der Waals surface area contributed by atoms with E-state index in [0.717, 1.165) is 17.7 Å². The maximum atomic E-state index is 13.7. The molecule has 2 aromatic carbocycles. The normalized spacial score (nSPS) is 13.9. The Hall–Kier alpha value is -4.93. The van der Waals surface area contributed by atoms with Gasteiger partial charge in [-0.15, -0.1) is 5.10 Å². The van der Waals surface area contributed by atoms with Crippen LogP contribution in [0.15, 0.2) is 61.3 Å². The standard InChI is InChI=1S/C30H28F3N9O3S/c1-18-3-4-20(28(44)36-22-10-21(30(31,32)33)11-23(12-22)41-14-19(2)35-17-41)9-25(18)42-15-24(38-39-42)26-13-34-29(46-26)37-27(43)16-40-5-7-45-8-6-40/h3-4,9-15,17H,5-8,16H2,1-2H3,(H,36,44)(H,34,37,43). The molecule has 1 fully saturated rings. The number of amides is 2. The summed E-state index contributed by atoms with van der Waals surface area (Å²) in [5.41, 5.74) is 1.95. The van der Waals surface area contributed by atoms with Crippen LogP contribution in [-0.2, 0) is 15.7 Å². The molecular weight excluding hydrogens is 623 g/mol. The maximum Gasteiger partial charge on any atom is 0.416 e. The maximum absolute atomic E-state index is 13.7. The van der Waals surface area contributed by atoms with Gasteiger partial charge in [-0.05, 0) is 49.7 Å². The second-order valence-corrected chi connectivity index (χ2v) is 11.7. The van der Waals surface area contributed by atoms with Crippen LogP contribution in [0.25, 0.3) is 21.9 Å². The van der Waals surface area contributed by atoms with E-state index in [-0.39, 0.29) is 29.4 Å². The number of ether oxygens (including phenoxy) is 1. The first kappa shape index (κ1) is 31.1. The lowest BCUT2D eigenvalue weighted by Gasteiger charge is -2.25. The van der Waals surface area contributed by atoms with Gasteiger partial charge in [-0.3, -0.25) is 14.5 Å². The average molecular weight is 652 g/mol. The lowest BCUT2D eigenvalue weighted by atomic mass is 10.1. The molecule has 238 valence electrons. The third-order valence-corrected chi connectivity index (χ3v) is 8.14. The summed E-state index contributed by atoms with van der Waals surface area (Å²) in [4.78, 5) is 36.8. The van der Waals surface area contributed by atoms with Gasteiger partial charge in [-0.1, -0.05) is 22.6 Å². The highest BCUT2D eigenvalue weighted by atomic mass is 32.1. The van der Waals surface area contributed by atoms with Crippen molar-refractivity contribution in [3.63, 3.8) is 0 Å². The number of hydrogen-bond acceptors (Lipinski definition) is 9. The summed E-state index contributed by atoms with van der Waals surface area (Å²) in [6.45, 7) is 6.39. The molecule has 1 aliphatic heterocycles. The Morgan fingerprint density at radius 3 is 2.57 bits per heavy atom. The molecule has 0 spiro atoms. The van der Waals surface area contributed by atoms with Gasteiger partial charge in [0, 0.05) is 42.4 Å². The molecule has 0 saturated carbocycles. The Kier molecular flexibility index (Phi) is 8.66. The van der Waals surface area contributed by atoms with Crippen LogP contribution in [-0.4, -0.2) is 79.1 Å². The number of imidazole rings is 1. The van der Waals surface area contributed by atoms with E-state index in [4.69, 9.17) is 4.74 Å². The molecule has 16 heteroatoms. The first-order valence-corrected chi connectivity index (χ1v) is 15.0. The first-order valence-electron chi connectivity index (χ1n) is 14.2. The molecule has 0 atom stereocenters. The SMILES string of the molecule is Cc1cn(-c2cc(NC(=O)c3ccc(C)c(-n4cc(-c5cnc(NC(=O)CN6CCOCC6)s5)nn4)c3)cc(C(F)(F)F)c2)cn1. The van der Waals surface area contributed by atoms with Gasteiger partial charge in [-0.25, -0.2) is 14.6 Å². The van der Waals surface area contributed by atoms with Gasteiger partial charge < -0.3 is 19.9 Å². The molecule has 46 heavy (non-hydrogen) atoms. The molecule has 6 rings (SSSR count). The number of nitrogens with one attached hydrogen (secondary N) is 2. The highest BCUT2D eigenvalue weighted by molar-refractivity contribution is 7.19. The van der Waals surface area contributed by atoms with Crippen molar-refractivity contribution in [2.45, 2.75) is 20.0 Å². The fourth-order valence-electron chi connectivity index (χ4n) is 4.83. The van der Waals surface area contributed by atoms with Gasteiger partial charge in [0.15, 0.2) is 5.13 Å². The highest BCUT2D eigenvalue weighted by Gasteiger charge is 2.31. The molecule has 0 aliphatic carbocycles. The Morgan fingerprint density at radius 1 is 1.02 bits per heavy atom. The van der Waals surface area contributed by atoms with Gasteiger partial charge in [0.1, 0.15) is 5.69 Å². The van der Waals surface area contributed by atoms with Crippen LogP contribution in [0.5, 0.6) is 0 Å². The highest BCUT2D eigenvalue weighted by Crippen LogP contribution is 2.33. The number of anilines is 2. The number of nitrogens with zero attached hydrogens (tertiary/aromatic N) is 7. The number of rotatable bonds is 8. The predicted octanol–water partition coefficient (Wildman–Crippen LogP) is 4.74. The molecule has 0 bridgehead atoms. The number of benzene rings is 2. The van der Waals surface area contributed by atoms with Crippen molar-refractivity contribution in [3.8, 4) is 21.9 Å². The van der Waals surface area contributed by atoms with Gasteiger partial charge in [0.05, 0.1) is 54.1 Å². The molecule has 0 unspecified atom stereocenters. The summed E-state index contributed by atoms with van der Waals surface area (Å²) in [5.74, 6) is -0.774. The molecule has 0 radical (unpaired) electrons. The van der Waals surface area contributed by atoms with E-state index in [1.165, 1.54) is 33.0 Å². The van der Waals surface area contributed by atoms with E-state index in [0.29, 0.717) is 53.4 Å². The number of thiazole rings is 1.